The van der Waals surface area contributed by atoms with E-state index in [2.05, 4.69) is 0 Å². The monoisotopic (exact) mass is 181 g/mol. The van der Waals surface area contributed by atoms with Crippen LogP contribution < -0.4 is 10.9 Å². The maximum absolute atomic E-state index is 9.88. The van der Waals surface area contributed by atoms with E-state index in [1.54, 1.807) is 0 Å². The molecule has 1 aromatic rings. The lowest BCUT2D eigenvalue weighted by molar-refractivity contribution is 0.568. The average Bonchev–Trinajstić information content (AvgIpc) is 2.03. The first-order valence-corrected chi connectivity index (χ1v) is 7.01. The summed E-state index contributed by atoms with van der Waals surface area (Å²) in [6, 6.07) is 7.83. The standard InChI is InChI=1S/C9H15NOSi/c1-12(2,11)9-6-4-3-5-8(9)7-10/h3-6,11H,7,10H2,1-2H3. The van der Waals surface area contributed by atoms with Gasteiger partial charge in [-0.25, -0.2) is 0 Å². The number of hydrogen-bond acceptors (Lipinski definition) is 2. The number of benzene rings is 1. The summed E-state index contributed by atoms with van der Waals surface area (Å²) < 4.78 is 0. The average molecular weight is 181 g/mol. The van der Waals surface area contributed by atoms with Gasteiger partial charge in [0.25, 0.3) is 0 Å². The van der Waals surface area contributed by atoms with Crippen molar-refractivity contribution < 1.29 is 4.80 Å². The fourth-order valence-corrected chi connectivity index (χ4v) is 2.77. The maximum atomic E-state index is 9.88. The van der Waals surface area contributed by atoms with E-state index >= 15 is 0 Å². The Labute approximate surface area is 74.2 Å². The molecule has 66 valence electrons. The van der Waals surface area contributed by atoms with Crippen LogP contribution in [0.25, 0.3) is 0 Å². The van der Waals surface area contributed by atoms with Gasteiger partial charge < -0.3 is 10.5 Å². The second-order valence-corrected chi connectivity index (χ2v) is 7.08. The minimum absolute atomic E-state index is 0.507. The molecule has 0 bridgehead atoms. The normalized spacial score (nSPS) is 11.7. The van der Waals surface area contributed by atoms with Gasteiger partial charge in [0.2, 0.25) is 8.32 Å². The third-order valence-electron chi connectivity index (χ3n) is 1.90. The second kappa shape index (κ2) is 3.39. The molecule has 0 heterocycles. The molecule has 3 N–H and O–H groups in total. The van der Waals surface area contributed by atoms with Crippen LogP contribution >= 0.6 is 0 Å². The van der Waals surface area contributed by atoms with Gasteiger partial charge in [0.1, 0.15) is 0 Å². The fraction of sp³-hybridized carbons (Fsp3) is 0.333. The molecule has 0 aliphatic heterocycles. The highest BCUT2D eigenvalue weighted by molar-refractivity contribution is 6.83. The van der Waals surface area contributed by atoms with Crippen molar-refractivity contribution >= 4 is 13.5 Å². The Morgan fingerprint density at radius 1 is 1.33 bits per heavy atom. The first-order chi connectivity index (χ1) is 5.55. The molecule has 1 rings (SSSR count). The first-order valence-electron chi connectivity index (χ1n) is 4.06. The fourth-order valence-electron chi connectivity index (χ4n) is 1.30. The maximum Gasteiger partial charge on any atom is 0.214 e. The van der Waals surface area contributed by atoms with E-state index in [9.17, 15) is 4.80 Å². The van der Waals surface area contributed by atoms with E-state index in [0.29, 0.717) is 6.54 Å². The van der Waals surface area contributed by atoms with E-state index in [1.807, 2.05) is 37.4 Å². The Kier molecular flexibility index (Phi) is 2.67. The zero-order chi connectivity index (χ0) is 9.19. The Hall–Kier alpha value is -0.643. The van der Waals surface area contributed by atoms with Crippen molar-refractivity contribution in [2.45, 2.75) is 19.6 Å². The first kappa shape index (κ1) is 9.44. The molecule has 0 amide bonds. The van der Waals surface area contributed by atoms with Crippen molar-refractivity contribution in [1.29, 1.82) is 0 Å². The van der Waals surface area contributed by atoms with Gasteiger partial charge in [-0.3, -0.25) is 0 Å². The predicted octanol–water partition coefficient (Wildman–Crippen LogP) is 0.550. The Balaban J connectivity index is 3.14. The molecule has 0 spiro atoms. The summed E-state index contributed by atoms with van der Waals surface area (Å²) in [4.78, 5) is 9.88. The van der Waals surface area contributed by atoms with Crippen LogP contribution in [0.1, 0.15) is 5.56 Å². The lowest BCUT2D eigenvalue weighted by Gasteiger charge is -2.17. The molecule has 0 atom stereocenters. The summed E-state index contributed by atoms with van der Waals surface area (Å²) >= 11 is 0. The molecule has 12 heavy (non-hydrogen) atoms. The molecule has 0 aromatic heterocycles. The van der Waals surface area contributed by atoms with Crippen LogP contribution in [0.2, 0.25) is 13.1 Å². The van der Waals surface area contributed by atoms with Gasteiger partial charge in [-0.15, -0.1) is 0 Å². The largest absolute Gasteiger partial charge is 0.428 e. The molecule has 0 fully saturated rings. The lowest BCUT2D eigenvalue weighted by atomic mass is 10.2. The third kappa shape index (κ3) is 1.94. The number of nitrogens with two attached hydrogens (primary N) is 1. The zero-order valence-corrected chi connectivity index (χ0v) is 8.54. The molecule has 3 heteroatoms. The van der Waals surface area contributed by atoms with E-state index < -0.39 is 8.32 Å². The summed E-state index contributed by atoms with van der Waals surface area (Å²) in [7, 11) is -2.18. The van der Waals surface area contributed by atoms with Gasteiger partial charge in [0, 0.05) is 6.54 Å². The van der Waals surface area contributed by atoms with Gasteiger partial charge in [-0.1, -0.05) is 24.3 Å². The van der Waals surface area contributed by atoms with Crippen LogP contribution in [-0.2, 0) is 6.54 Å². The smallest absolute Gasteiger partial charge is 0.214 e. The molecular weight excluding hydrogens is 166 g/mol. The molecule has 0 aliphatic carbocycles. The van der Waals surface area contributed by atoms with E-state index in [4.69, 9.17) is 5.73 Å². The summed E-state index contributed by atoms with van der Waals surface area (Å²) in [5, 5.41) is 1.05. The van der Waals surface area contributed by atoms with E-state index in [0.717, 1.165) is 10.8 Å². The van der Waals surface area contributed by atoms with Crippen LogP contribution in [0.3, 0.4) is 0 Å². The zero-order valence-electron chi connectivity index (χ0n) is 7.54. The summed E-state index contributed by atoms with van der Waals surface area (Å²) in [5.74, 6) is 0. The van der Waals surface area contributed by atoms with E-state index in [-0.39, 0.29) is 0 Å². The highest BCUT2D eigenvalue weighted by Crippen LogP contribution is 2.03. The van der Waals surface area contributed by atoms with Gasteiger partial charge in [0.15, 0.2) is 0 Å². The summed E-state index contributed by atoms with van der Waals surface area (Å²) in [6.07, 6.45) is 0. The van der Waals surface area contributed by atoms with Crippen molar-refractivity contribution in [3.8, 4) is 0 Å². The second-order valence-electron chi connectivity index (χ2n) is 3.42. The van der Waals surface area contributed by atoms with Gasteiger partial charge in [-0.05, 0) is 23.8 Å². The molecule has 0 aliphatic rings. The SMILES string of the molecule is C[Si](C)(O)c1ccccc1CN. The third-order valence-corrected chi connectivity index (χ3v) is 3.70. The van der Waals surface area contributed by atoms with Crippen molar-refractivity contribution in [2.75, 3.05) is 0 Å². The minimum Gasteiger partial charge on any atom is -0.428 e. The van der Waals surface area contributed by atoms with Crippen LogP contribution in [0, 0.1) is 0 Å². The Morgan fingerprint density at radius 2 is 1.92 bits per heavy atom. The van der Waals surface area contributed by atoms with E-state index in [1.165, 1.54) is 0 Å². The molecule has 0 saturated carbocycles. The Morgan fingerprint density at radius 3 is 2.33 bits per heavy atom. The predicted molar refractivity (Wildman–Crippen MR) is 53.7 cm³/mol. The molecule has 0 radical (unpaired) electrons. The summed E-state index contributed by atoms with van der Waals surface area (Å²) in [5.41, 5.74) is 6.62. The number of hydrogen-bond donors (Lipinski definition) is 2. The molecule has 2 nitrogen and oxygen atoms in total. The minimum atomic E-state index is -2.18. The highest BCUT2D eigenvalue weighted by Gasteiger charge is 2.22. The van der Waals surface area contributed by atoms with Crippen molar-refractivity contribution in [1.82, 2.24) is 0 Å². The topological polar surface area (TPSA) is 46.2 Å². The highest BCUT2D eigenvalue weighted by atomic mass is 28.4. The van der Waals surface area contributed by atoms with Gasteiger partial charge in [-0.2, -0.15) is 0 Å². The molecule has 0 saturated heterocycles. The van der Waals surface area contributed by atoms with Crippen molar-refractivity contribution in [3.63, 3.8) is 0 Å². The molecule has 1 aromatic carbocycles. The quantitative estimate of drug-likeness (QED) is 0.655. The van der Waals surface area contributed by atoms with Crippen molar-refractivity contribution in [2.24, 2.45) is 5.73 Å². The van der Waals surface area contributed by atoms with Gasteiger partial charge >= 0.3 is 0 Å². The van der Waals surface area contributed by atoms with Crippen LogP contribution in [-0.4, -0.2) is 13.1 Å². The van der Waals surface area contributed by atoms with Gasteiger partial charge in [0.05, 0.1) is 0 Å². The van der Waals surface area contributed by atoms with Crippen LogP contribution in [0.4, 0.5) is 0 Å². The molecule has 0 unspecified atom stereocenters. The van der Waals surface area contributed by atoms with Crippen molar-refractivity contribution in [3.05, 3.63) is 29.8 Å². The Bertz CT molecular complexity index is 267. The van der Waals surface area contributed by atoms with Crippen LogP contribution in [0.15, 0.2) is 24.3 Å². The molecular formula is C9H15NOSi. The lowest BCUT2D eigenvalue weighted by Crippen LogP contribution is -2.43. The summed E-state index contributed by atoms with van der Waals surface area (Å²) in [6.45, 7) is 4.32. The number of rotatable bonds is 2. The van der Waals surface area contributed by atoms with Crippen LogP contribution in [0.5, 0.6) is 0 Å².